The smallest absolute Gasteiger partial charge is 0.162 e. The highest BCUT2D eigenvalue weighted by atomic mass is 19.2. The molecule has 1 nitrogen and oxygen atoms in total. The molecule has 1 saturated carbocycles. The van der Waals surface area contributed by atoms with Crippen molar-refractivity contribution in [1.82, 2.24) is 5.32 Å². The Balaban J connectivity index is 1.69. The zero-order chi connectivity index (χ0) is 11.4. The van der Waals surface area contributed by atoms with Crippen molar-refractivity contribution in [2.45, 2.75) is 38.1 Å². The average molecular weight is 225 g/mol. The van der Waals surface area contributed by atoms with E-state index in [4.69, 9.17) is 0 Å². The molecule has 0 radical (unpaired) electrons. The van der Waals surface area contributed by atoms with Gasteiger partial charge in [0.25, 0.3) is 0 Å². The number of aryl methyl sites for hydroxylation is 1. The van der Waals surface area contributed by atoms with E-state index in [1.54, 1.807) is 12.1 Å². The molecular formula is C13H17F2N. The molecule has 3 heteroatoms. The maximum Gasteiger partial charge on any atom is 0.162 e. The van der Waals surface area contributed by atoms with Crippen LogP contribution in [0.2, 0.25) is 0 Å². The summed E-state index contributed by atoms with van der Waals surface area (Å²) in [6.07, 6.45) is 5.12. The van der Waals surface area contributed by atoms with Gasteiger partial charge in [-0.25, -0.2) is 8.78 Å². The summed E-state index contributed by atoms with van der Waals surface area (Å²) in [7, 11) is 0. The van der Waals surface area contributed by atoms with Crippen LogP contribution in [0.15, 0.2) is 18.2 Å². The van der Waals surface area contributed by atoms with E-state index < -0.39 is 11.6 Å². The van der Waals surface area contributed by atoms with Crippen molar-refractivity contribution in [3.63, 3.8) is 0 Å². The van der Waals surface area contributed by atoms with Crippen LogP contribution in [0.3, 0.4) is 0 Å². The molecule has 16 heavy (non-hydrogen) atoms. The zero-order valence-corrected chi connectivity index (χ0v) is 9.31. The number of benzene rings is 1. The summed E-state index contributed by atoms with van der Waals surface area (Å²) < 4.78 is 26.1. The van der Waals surface area contributed by atoms with E-state index in [0.29, 0.717) is 12.0 Å². The Hall–Kier alpha value is -0.960. The zero-order valence-electron chi connectivity index (χ0n) is 9.31. The number of unbranched alkanes of at least 4 members (excludes halogenated alkanes) is 1. The van der Waals surface area contributed by atoms with E-state index in [9.17, 15) is 8.78 Å². The molecule has 2 rings (SSSR count). The van der Waals surface area contributed by atoms with E-state index in [1.807, 2.05) is 0 Å². The predicted molar refractivity (Wildman–Crippen MR) is 60.3 cm³/mol. The predicted octanol–water partition coefficient (Wildman–Crippen LogP) is 3.04. The highest BCUT2D eigenvalue weighted by Crippen LogP contribution is 2.18. The second kappa shape index (κ2) is 5.39. The van der Waals surface area contributed by atoms with Gasteiger partial charge < -0.3 is 5.32 Å². The molecule has 0 atom stereocenters. The van der Waals surface area contributed by atoms with Gasteiger partial charge in [-0.1, -0.05) is 12.1 Å². The summed E-state index contributed by atoms with van der Waals surface area (Å²) in [5, 5.41) is 3.40. The van der Waals surface area contributed by atoms with E-state index in [0.717, 1.165) is 31.5 Å². The summed E-state index contributed by atoms with van der Waals surface area (Å²) >= 11 is 0. The molecule has 1 aromatic carbocycles. The van der Waals surface area contributed by atoms with Crippen molar-refractivity contribution in [3.8, 4) is 0 Å². The van der Waals surface area contributed by atoms with Gasteiger partial charge in [0, 0.05) is 6.04 Å². The third kappa shape index (κ3) is 3.27. The topological polar surface area (TPSA) is 12.0 Å². The Morgan fingerprint density at radius 3 is 2.75 bits per heavy atom. The molecule has 1 aromatic rings. The molecule has 0 bridgehead atoms. The van der Waals surface area contributed by atoms with Gasteiger partial charge in [-0.05, 0) is 50.3 Å². The first-order valence-corrected chi connectivity index (χ1v) is 5.93. The van der Waals surface area contributed by atoms with Gasteiger partial charge in [-0.15, -0.1) is 0 Å². The SMILES string of the molecule is Fc1cccc(CCCCNC2CC2)c1F. The lowest BCUT2D eigenvalue weighted by Gasteiger charge is -2.04. The van der Waals surface area contributed by atoms with Crippen LogP contribution in [0.1, 0.15) is 31.2 Å². The lowest BCUT2D eigenvalue weighted by molar-refractivity contribution is 0.495. The molecule has 0 heterocycles. The highest BCUT2D eigenvalue weighted by Gasteiger charge is 2.19. The minimum atomic E-state index is -0.742. The maximum absolute atomic E-state index is 13.3. The summed E-state index contributed by atoms with van der Waals surface area (Å²) in [6, 6.07) is 5.11. The fraction of sp³-hybridized carbons (Fsp3) is 0.538. The monoisotopic (exact) mass is 225 g/mol. The first-order valence-electron chi connectivity index (χ1n) is 5.93. The number of rotatable bonds is 6. The van der Waals surface area contributed by atoms with Gasteiger partial charge in [0.1, 0.15) is 0 Å². The average Bonchev–Trinajstić information content (AvgIpc) is 3.07. The van der Waals surface area contributed by atoms with Crippen LogP contribution in [0.5, 0.6) is 0 Å². The molecule has 0 unspecified atom stereocenters. The maximum atomic E-state index is 13.3. The molecule has 88 valence electrons. The first kappa shape index (κ1) is 11.5. The van der Waals surface area contributed by atoms with E-state index >= 15 is 0 Å². The van der Waals surface area contributed by atoms with Crippen LogP contribution in [0.25, 0.3) is 0 Å². The van der Waals surface area contributed by atoms with Crippen LogP contribution < -0.4 is 5.32 Å². The second-order valence-electron chi connectivity index (χ2n) is 4.40. The normalized spacial score (nSPS) is 15.4. The third-order valence-corrected chi connectivity index (χ3v) is 2.91. The number of nitrogens with one attached hydrogen (secondary N) is 1. The van der Waals surface area contributed by atoms with Crippen molar-refractivity contribution < 1.29 is 8.78 Å². The number of halogens is 2. The van der Waals surface area contributed by atoms with Crippen LogP contribution >= 0.6 is 0 Å². The Bertz CT molecular complexity index is 348. The first-order chi connectivity index (χ1) is 7.77. The fourth-order valence-corrected chi connectivity index (χ4v) is 1.78. The van der Waals surface area contributed by atoms with Crippen LogP contribution in [0, 0.1) is 11.6 Å². The van der Waals surface area contributed by atoms with Crippen molar-refractivity contribution >= 4 is 0 Å². The van der Waals surface area contributed by atoms with Crippen molar-refractivity contribution in [2.75, 3.05) is 6.54 Å². The molecule has 1 aliphatic carbocycles. The molecular weight excluding hydrogens is 208 g/mol. The molecule has 0 aliphatic heterocycles. The van der Waals surface area contributed by atoms with Crippen LogP contribution in [0.4, 0.5) is 8.78 Å². The quantitative estimate of drug-likeness (QED) is 0.734. The Morgan fingerprint density at radius 2 is 2.00 bits per heavy atom. The lowest BCUT2D eigenvalue weighted by atomic mass is 10.1. The minimum absolute atomic E-state index is 0.492. The van der Waals surface area contributed by atoms with Crippen molar-refractivity contribution in [2.24, 2.45) is 0 Å². The van der Waals surface area contributed by atoms with Gasteiger partial charge in [-0.2, -0.15) is 0 Å². The Morgan fingerprint density at radius 1 is 1.19 bits per heavy atom. The molecule has 0 spiro atoms. The molecule has 1 N–H and O–H groups in total. The molecule has 0 aromatic heterocycles. The molecule has 1 fully saturated rings. The third-order valence-electron chi connectivity index (χ3n) is 2.91. The van der Waals surface area contributed by atoms with Gasteiger partial charge in [0.15, 0.2) is 11.6 Å². The van der Waals surface area contributed by atoms with E-state index in [-0.39, 0.29) is 0 Å². The van der Waals surface area contributed by atoms with Gasteiger partial charge >= 0.3 is 0 Å². The Labute approximate surface area is 94.9 Å². The van der Waals surface area contributed by atoms with Crippen molar-refractivity contribution in [3.05, 3.63) is 35.4 Å². The standard InChI is InChI=1S/C13H17F2N/c14-12-6-3-5-10(13(12)15)4-1-2-9-16-11-7-8-11/h3,5-6,11,16H,1-2,4,7-9H2. The molecule has 0 amide bonds. The van der Waals surface area contributed by atoms with Crippen LogP contribution in [-0.4, -0.2) is 12.6 Å². The van der Waals surface area contributed by atoms with Crippen LogP contribution in [-0.2, 0) is 6.42 Å². The fourth-order valence-electron chi connectivity index (χ4n) is 1.78. The number of hydrogen-bond acceptors (Lipinski definition) is 1. The van der Waals surface area contributed by atoms with E-state index in [1.165, 1.54) is 12.8 Å². The lowest BCUT2D eigenvalue weighted by Crippen LogP contribution is -2.17. The minimum Gasteiger partial charge on any atom is -0.314 e. The Kier molecular flexibility index (Phi) is 3.88. The second-order valence-corrected chi connectivity index (χ2v) is 4.40. The van der Waals surface area contributed by atoms with Gasteiger partial charge in [-0.3, -0.25) is 0 Å². The summed E-state index contributed by atoms with van der Waals surface area (Å²) in [4.78, 5) is 0. The summed E-state index contributed by atoms with van der Waals surface area (Å²) in [5.74, 6) is -1.42. The van der Waals surface area contributed by atoms with Gasteiger partial charge in [0.2, 0.25) is 0 Å². The molecule has 1 aliphatic rings. The van der Waals surface area contributed by atoms with Gasteiger partial charge in [0.05, 0.1) is 0 Å². The largest absolute Gasteiger partial charge is 0.314 e. The van der Waals surface area contributed by atoms with E-state index in [2.05, 4.69) is 5.32 Å². The summed E-state index contributed by atoms with van der Waals surface area (Å²) in [5.41, 5.74) is 0.492. The molecule has 0 saturated heterocycles. The summed E-state index contributed by atoms with van der Waals surface area (Å²) in [6.45, 7) is 0.988. The number of hydrogen-bond donors (Lipinski definition) is 1. The highest BCUT2D eigenvalue weighted by molar-refractivity contribution is 5.18. The van der Waals surface area contributed by atoms with Crippen molar-refractivity contribution in [1.29, 1.82) is 0 Å².